The molecule has 0 spiro atoms. The van der Waals surface area contributed by atoms with E-state index in [1.165, 1.54) is 0 Å². The van der Waals surface area contributed by atoms with Crippen LogP contribution >= 0.6 is 0 Å². The van der Waals surface area contributed by atoms with Gasteiger partial charge in [-0.2, -0.15) is 5.10 Å². The number of hydrogen-bond acceptors (Lipinski definition) is 6. The molecule has 1 aliphatic rings. The average molecular weight is 408 g/mol. The fraction of sp³-hybridized carbons (Fsp3) is 0.478. The highest BCUT2D eigenvalue weighted by Gasteiger charge is 2.28. The molecule has 4 rings (SSSR count). The van der Waals surface area contributed by atoms with Crippen LogP contribution in [0.4, 0.5) is 0 Å². The minimum absolute atomic E-state index is 0.0454. The Morgan fingerprint density at radius 1 is 1.20 bits per heavy atom. The molecule has 1 fully saturated rings. The second-order valence-electron chi connectivity index (χ2n) is 8.97. The molecule has 1 N–H and O–H groups in total. The van der Waals surface area contributed by atoms with Gasteiger partial charge in [-0.3, -0.25) is 9.48 Å². The van der Waals surface area contributed by atoms with Crippen molar-refractivity contribution >= 4 is 16.7 Å². The SMILES string of the molecule is Cn1cc(-c2ccc3cnc(CC(=O)C4CCN(CC(C)(C)O)CC4)nc3c2)cn1. The second kappa shape index (κ2) is 8.24. The normalized spacial score (nSPS) is 16.3. The van der Waals surface area contributed by atoms with Crippen LogP contribution in [0.15, 0.2) is 36.8 Å². The number of piperidine rings is 1. The highest BCUT2D eigenvalue weighted by Crippen LogP contribution is 2.24. The molecule has 7 heteroatoms. The predicted octanol–water partition coefficient (Wildman–Crippen LogP) is 2.62. The molecule has 0 amide bonds. The monoisotopic (exact) mass is 407 g/mol. The van der Waals surface area contributed by atoms with Crippen molar-refractivity contribution in [2.45, 2.75) is 38.7 Å². The molecule has 0 atom stereocenters. The van der Waals surface area contributed by atoms with Gasteiger partial charge in [0.1, 0.15) is 11.6 Å². The lowest BCUT2D eigenvalue weighted by molar-refractivity contribution is -0.123. The molecule has 2 aromatic heterocycles. The number of hydrogen-bond donors (Lipinski definition) is 1. The van der Waals surface area contributed by atoms with E-state index >= 15 is 0 Å². The Kier molecular flexibility index (Phi) is 5.66. The predicted molar refractivity (Wildman–Crippen MR) is 116 cm³/mol. The van der Waals surface area contributed by atoms with Crippen LogP contribution in [0.3, 0.4) is 0 Å². The number of nitrogens with zero attached hydrogens (tertiary/aromatic N) is 5. The lowest BCUT2D eigenvalue weighted by Crippen LogP contribution is -2.44. The minimum Gasteiger partial charge on any atom is -0.389 e. The van der Waals surface area contributed by atoms with Gasteiger partial charge in [-0.05, 0) is 51.4 Å². The fourth-order valence-electron chi connectivity index (χ4n) is 4.16. The minimum atomic E-state index is -0.704. The fourth-order valence-corrected chi connectivity index (χ4v) is 4.16. The molecule has 1 aromatic carbocycles. The van der Waals surface area contributed by atoms with E-state index in [0.717, 1.165) is 48.0 Å². The number of likely N-dealkylation sites (tertiary alicyclic amines) is 1. The average Bonchev–Trinajstić information content (AvgIpc) is 3.13. The van der Waals surface area contributed by atoms with Crippen molar-refractivity contribution in [3.05, 3.63) is 42.6 Å². The molecule has 30 heavy (non-hydrogen) atoms. The van der Waals surface area contributed by atoms with Gasteiger partial charge in [0.25, 0.3) is 0 Å². The first-order valence-corrected chi connectivity index (χ1v) is 10.5. The smallest absolute Gasteiger partial charge is 0.143 e. The second-order valence-corrected chi connectivity index (χ2v) is 8.97. The van der Waals surface area contributed by atoms with Crippen LogP contribution in [-0.4, -0.2) is 60.8 Å². The molecule has 0 aliphatic carbocycles. The van der Waals surface area contributed by atoms with Crippen molar-refractivity contribution in [1.29, 1.82) is 0 Å². The van der Waals surface area contributed by atoms with E-state index in [9.17, 15) is 9.90 Å². The topological polar surface area (TPSA) is 84.1 Å². The van der Waals surface area contributed by atoms with Gasteiger partial charge >= 0.3 is 0 Å². The quantitative estimate of drug-likeness (QED) is 0.676. The Bertz CT molecular complexity index is 1050. The number of aromatic nitrogens is 4. The third kappa shape index (κ3) is 4.91. The number of rotatable bonds is 6. The number of ketones is 1. The van der Waals surface area contributed by atoms with Gasteiger partial charge in [-0.1, -0.05) is 12.1 Å². The van der Waals surface area contributed by atoms with E-state index in [4.69, 9.17) is 0 Å². The molecule has 0 radical (unpaired) electrons. The van der Waals surface area contributed by atoms with Gasteiger partial charge in [0.2, 0.25) is 0 Å². The summed E-state index contributed by atoms with van der Waals surface area (Å²) in [6.45, 7) is 5.96. The largest absolute Gasteiger partial charge is 0.389 e. The summed E-state index contributed by atoms with van der Waals surface area (Å²) in [5, 5.41) is 15.2. The van der Waals surface area contributed by atoms with Crippen LogP contribution in [0.2, 0.25) is 0 Å². The maximum absolute atomic E-state index is 12.8. The third-order valence-corrected chi connectivity index (χ3v) is 5.66. The third-order valence-electron chi connectivity index (χ3n) is 5.66. The summed E-state index contributed by atoms with van der Waals surface area (Å²) in [5.74, 6) is 0.833. The zero-order valence-corrected chi connectivity index (χ0v) is 17.9. The molecule has 3 heterocycles. The Morgan fingerprint density at radius 3 is 2.63 bits per heavy atom. The van der Waals surface area contributed by atoms with E-state index in [-0.39, 0.29) is 18.1 Å². The Morgan fingerprint density at radius 2 is 1.97 bits per heavy atom. The number of fused-ring (bicyclic) bond motifs is 1. The van der Waals surface area contributed by atoms with Gasteiger partial charge in [-0.25, -0.2) is 9.97 Å². The number of aliphatic hydroxyl groups is 1. The molecule has 1 aliphatic heterocycles. The summed E-state index contributed by atoms with van der Waals surface area (Å²) in [6.07, 6.45) is 7.52. The Balaban J connectivity index is 1.43. The van der Waals surface area contributed by atoms with Crippen molar-refractivity contribution in [2.24, 2.45) is 13.0 Å². The summed E-state index contributed by atoms with van der Waals surface area (Å²) in [6, 6.07) is 6.06. The first-order chi connectivity index (χ1) is 14.3. The van der Waals surface area contributed by atoms with Crippen molar-refractivity contribution in [1.82, 2.24) is 24.6 Å². The van der Waals surface area contributed by atoms with Crippen molar-refractivity contribution in [3.63, 3.8) is 0 Å². The van der Waals surface area contributed by atoms with Crippen LogP contribution in [0.1, 0.15) is 32.5 Å². The van der Waals surface area contributed by atoms with E-state index < -0.39 is 5.60 Å². The number of carbonyl (C=O) groups is 1. The van der Waals surface area contributed by atoms with Crippen molar-refractivity contribution in [2.75, 3.05) is 19.6 Å². The number of benzene rings is 1. The highest BCUT2D eigenvalue weighted by atomic mass is 16.3. The number of β-amino-alcohol motifs (C(OH)–C–C–N with tert-alkyl or cyclic N) is 1. The lowest BCUT2D eigenvalue weighted by Gasteiger charge is -2.34. The van der Waals surface area contributed by atoms with Crippen molar-refractivity contribution in [3.8, 4) is 11.1 Å². The van der Waals surface area contributed by atoms with Crippen molar-refractivity contribution < 1.29 is 9.90 Å². The van der Waals surface area contributed by atoms with Crippen LogP contribution in [0, 0.1) is 5.92 Å². The van der Waals surface area contributed by atoms with Gasteiger partial charge in [-0.15, -0.1) is 0 Å². The van der Waals surface area contributed by atoms with Gasteiger partial charge in [0, 0.05) is 42.9 Å². The Labute approximate surface area is 176 Å². The number of Topliss-reactive ketones (excluding diaryl/α,β-unsaturated/α-hetero) is 1. The molecule has 3 aromatic rings. The molecule has 158 valence electrons. The van der Waals surface area contributed by atoms with Gasteiger partial charge < -0.3 is 10.0 Å². The summed E-state index contributed by atoms with van der Waals surface area (Å²) in [5.41, 5.74) is 2.22. The van der Waals surface area contributed by atoms with Crippen LogP contribution in [0.25, 0.3) is 22.0 Å². The molecule has 7 nitrogen and oxygen atoms in total. The van der Waals surface area contributed by atoms with E-state index in [1.54, 1.807) is 10.9 Å². The van der Waals surface area contributed by atoms with E-state index in [2.05, 4.69) is 20.0 Å². The van der Waals surface area contributed by atoms with E-state index in [0.29, 0.717) is 12.4 Å². The summed E-state index contributed by atoms with van der Waals surface area (Å²) in [4.78, 5) is 24.1. The van der Waals surface area contributed by atoms with E-state index in [1.807, 2.05) is 51.5 Å². The standard InChI is InChI=1S/C23H29N5O2/c1-23(2,30)15-28-8-6-16(7-9-28)21(29)11-22-24-12-18-5-4-17(10-20(18)26-22)19-13-25-27(3)14-19/h4-5,10,12-14,16,30H,6-9,11,15H2,1-3H3. The summed E-state index contributed by atoms with van der Waals surface area (Å²) >= 11 is 0. The lowest BCUT2D eigenvalue weighted by atomic mass is 9.90. The Hall–Kier alpha value is -2.64. The number of carbonyl (C=O) groups excluding carboxylic acids is 1. The maximum atomic E-state index is 12.8. The molecular weight excluding hydrogens is 378 g/mol. The highest BCUT2D eigenvalue weighted by molar-refractivity contribution is 5.85. The zero-order valence-electron chi connectivity index (χ0n) is 17.9. The van der Waals surface area contributed by atoms with Gasteiger partial charge in [0.05, 0.1) is 23.7 Å². The van der Waals surface area contributed by atoms with Crippen LogP contribution in [0.5, 0.6) is 0 Å². The summed E-state index contributed by atoms with van der Waals surface area (Å²) < 4.78 is 1.77. The first-order valence-electron chi connectivity index (χ1n) is 10.5. The van der Waals surface area contributed by atoms with Crippen LogP contribution < -0.4 is 0 Å². The molecule has 0 bridgehead atoms. The molecule has 0 saturated carbocycles. The van der Waals surface area contributed by atoms with Gasteiger partial charge in [0.15, 0.2) is 0 Å². The number of aryl methyl sites for hydroxylation is 1. The summed E-state index contributed by atoms with van der Waals surface area (Å²) in [7, 11) is 1.89. The molecular formula is C23H29N5O2. The zero-order chi connectivity index (χ0) is 21.3. The maximum Gasteiger partial charge on any atom is 0.143 e. The first kappa shape index (κ1) is 20.6. The molecule has 0 unspecified atom stereocenters. The van der Waals surface area contributed by atoms with Crippen LogP contribution in [-0.2, 0) is 18.3 Å². The molecule has 1 saturated heterocycles.